The second-order valence-electron chi connectivity index (χ2n) is 7.68. The molecule has 0 fully saturated rings. The molecule has 2 N–H and O–H groups in total. The minimum absolute atomic E-state index is 0.217. The third-order valence-corrected chi connectivity index (χ3v) is 4.27. The van der Waals surface area contributed by atoms with E-state index >= 15 is 0 Å². The Hall–Kier alpha value is -3.41. The maximum atomic E-state index is 12.2. The molecule has 0 atom stereocenters. The van der Waals surface area contributed by atoms with Gasteiger partial charge in [-0.2, -0.15) is 0 Å². The largest absolute Gasteiger partial charge is 0.478 e. The van der Waals surface area contributed by atoms with Gasteiger partial charge in [-0.05, 0) is 32.4 Å². The van der Waals surface area contributed by atoms with Crippen LogP contribution in [0.15, 0.2) is 54.6 Å². The third kappa shape index (κ3) is 4.90. The number of hydrogen-bond acceptors (Lipinski definition) is 4. The number of para-hydroxylation sites is 1. The molecule has 1 heterocycles. The van der Waals surface area contributed by atoms with Crippen LogP contribution < -0.4 is 5.32 Å². The van der Waals surface area contributed by atoms with E-state index in [9.17, 15) is 14.7 Å². The first kappa shape index (κ1) is 20.3. The van der Waals surface area contributed by atoms with Gasteiger partial charge in [0.15, 0.2) is 0 Å². The zero-order valence-electron chi connectivity index (χ0n) is 16.7. The summed E-state index contributed by atoms with van der Waals surface area (Å²) in [5, 5.41) is 13.3. The summed E-state index contributed by atoms with van der Waals surface area (Å²) in [5.41, 5.74) is 2.20. The summed E-state index contributed by atoms with van der Waals surface area (Å²) in [6.45, 7) is 5.66. The summed E-state index contributed by atoms with van der Waals surface area (Å²) in [5.74, 6) is -1.01. The Morgan fingerprint density at radius 1 is 1.03 bits per heavy atom. The van der Waals surface area contributed by atoms with Crippen molar-refractivity contribution in [3.05, 3.63) is 65.9 Å². The van der Waals surface area contributed by atoms with Gasteiger partial charge in [-0.3, -0.25) is 4.98 Å². The average Bonchev–Trinajstić information content (AvgIpc) is 2.66. The zero-order chi connectivity index (χ0) is 21.0. The molecule has 0 bridgehead atoms. The number of carboxylic acid groups (broad SMARTS) is 1. The lowest BCUT2D eigenvalue weighted by Gasteiger charge is -2.20. The number of rotatable bonds is 5. The predicted octanol–water partition coefficient (Wildman–Crippen LogP) is 4.67. The second kappa shape index (κ2) is 8.31. The number of alkyl carbamates (subject to hydrolysis) is 1. The first-order valence-corrected chi connectivity index (χ1v) is 9.43. The van der Waals surface area contributed by atoms with Crippen LogP contribution in [-0.2, 0) is 11.2 Å². The van der Waals surface area contributed by atoms with Crippen LogP contribution in [0.4, 0.5) is 4.79 Å². The monoisotopic (exact) mass is 392 g/mol. The quantitative estimate of drug-likeness (QED) is 0.659. The van der Waals surface area contributed by atoms with Gasteiger partial charge in [-0.25, -0.2) is 9.59 Å². The minimum Gasteiger partial charge on any atom is -0.478 e. The van der Waals surface area contributed by atoms with Crippen molar-refractivity contribution in [2.45, 2.75) is 32.8 Å². The Morgan fingerprint density at radius 3 is 2.34 bits per heavy atom. The molecule has 0 radical (unpaired) electrons. The molecule has 0 aliphatic rings. The maximum absolute atomic E-state index is 12.2. The maximum Gasteiger partial charge on any atom is 0.407 e. The molecule has 6 nitrogen and oxygen atoms in total. The van der Waals surface area contributed by atoms with E-state index in [0.717, 1.165) is 5.56 Å². The third-order valence-electron chi connectivity index (χ3n) is 4.27. The van der Waals surface area contributed by atoms with E-state index in [1.54, 1.807) is 39.0 Å². The van der Waals surface area contributed by atoms with Gasteiger partial charge in [-0.1, -0.05) is 48.5 Å². The summed E-state index contributed by atoms with van der Waals surface area (Å²) in [7, 11) is 0. The fraction of sp³-hybridized carbons (Fsp3) is 0.261. The van der Waals surface area contributed by atoms with Crippen LogP contribution >= 0.6 is 0 Å². The Bertz CT molecular complexity index is 1040. The summed E-state index contributed by atoms with van der Waals surface area (Å²) < 4.78 is 5.26. The number of pyridine rings is 1. The second-order valence-corrected chi connectivity index (χ2v) is 7.68. The van der Waals surface area contributed by atoms with Crippen LogP contribution in [-0.4, -0.2) is 34.3 Å². The van der Waals surface area contributed by atoms with Gasteiger partial charge < -0.3 is 15.2 Å². The number of benzene rings is 2. The van der Waals surface area contributed by atoms with E-state index in [1.807, 2.05) is 36.4 Å². The number of aromatic nitrogens is 1. The van der Waals surface area contributed by atoms with Crippen molar-refractivity contribution >= 4 is 23.0 Å². The highest BCUT2D eigenvalue weighted by Crippen LogP contribution is 2.32. The van der Waals surface area contributed by atoms with Gasteiger partial charge in [0.05, 0.1) is 16.8 Å². The van der Waals surface area contributed by atoms with Crippen LogP contribution in [0.25, 0.3) is 22.0 Å². The highest BCUT2D eigenvalue weighted by atomic mass is 16.6. The molecule has 6 heteroatoms. The van der Waals surface area contributed by atoms with E-state index in [1.165, 1.54) is 0 Å². The topological polar surface area (TPSA) is 88.5 Å². The molecule has 29 heavy (non-hydrogen) atoms. The highest BCUT2D eigenvalue weighted by molar-refractivity contribution is 6.09. The van der Waals surface area contributed by atoms with Gasteiger partial charge in [-0.15, -0.1) is 0 Å². The molecule has 1 aromatic heterocycles. The van der Waals surface area contributed by atoms with E-state index < -0.39 is 17.7 Å². The van der Waals surface area contributed by atoms with Crippen LogP contribution in [0.3, 0.4) is 0 Å². The molecular weight excluding hydrogens is 368 g/mol. The molecule has 2 aromatic carbocycles. The number of carboxylic acids is 1. The van der Waals surface area contributed by atoms with E-state index in [0.29, 0.717) is 28.6 Å². The van der Waals surface area contributed by atoms with Crippen LogP contribution in [0.1, 0.15) is 36.8 Å². The van der Waals surface area contributed by atoms with E-state index in [-0.39, 0.29) is 12.1 Å². The number of hydrogen-bond donors (Lipinski definition) is 2. The van der Waals surface area contributed by atoms with Gasteiger partial charge in [0, 0.05) is 23.9 Å². The number of amides is 1. The number of carbonyl (C=O) groups excluding carboxylic acids is 1. The molecule has 1 amide bonds. The number of nitrogens with zero attached hydrogens (tertiary/aromatic N) is 1. The molecule has 0 saturated heterocycles. The molecule has 0 aliphatic heterocycles. The van der Waals surface area contributed by atoms with Crippen LogP contribution in [0.5, 0.6) is 0 Å². The molecule has 0 unspecified atom stereocenters. The molecule has 3 aromatic rings. The molecule has 0 spiro atoms. The predicted molar refractivity (Wildman–Crippen MR) is 112 cm³/mol. The molecular formula is C23H24N2O4. The number of carbonyl (C=O) groups is 2. The fourth-order valence-corrected chi connectivity index (χ4v) is 3.18. The van der Waals surface area contributed by atoms with Crippen molar-refractivity contribution in [3.8, 4) is 11.1 Å². The SMILES string of the molecule is CC(C)(C)OC(=O)NCCc1nc2ccccc2c(C(=O)O)c1-c1ccccc1. The smallest absolute Gasteiger partial charge is 0.407 e. The molecule has 150 valence electrons. The van der Waals surface area contributed by atoms with Crippen molar-refractivity contribution in [1.82, 2.24) is 10.3 Å². The molecule has 3 rings (SSSR count). The van der Waals surface area contributed by atoms with Gasteiger partial charge >= 0.3 is 12.1 Å². The number of fused-ring (bicyclic) bond motifs is 1. The Labute approximate surface area is 169 Å². The minimum atomic E-state index is -1.01. The lowest BCUT2D eigenvalue weighted by molar-refractivity contribution is 0.0527. The lowest BCUT2D eigenvalue weighted by Crippen LogP contribution is -2.33. The number of ether oxygens (including phenoxy) is 1. The standard InChI is InChI=1S/C23H24N2O4/c1-23(2,3)29-22(28)24-14-13-18-19(15-9-5-4-6-10-15)20(21(26)27)16-11-7-8-12-17(16)25-18/h4-12H,13-14H2,1-3H3,(H,24,28)(H,26,27). The van der Waals surface area contributed by atoms with Crippen molar-refractivity contribution in [3.63, 3.8) is 0 Å². The Balaban J connectivity index is 2.01. The van der Waals surface area contributed by atoms with Gasteiger partial charge in [0.1, 0.15) is 5.60 Å². The fourth-order valence-electron chi connectivity index (χ4n) is 3.18. The highest BCUT2D eigenvalue weighted by Gasteiger charge is 2.22. The number of nitrogens with one attached hydrogen (secondary N) is 1. The van der Waals surface area contributed by atoms with Crippen molar-refractivity contribution in [2.24, 2.45) is 0 Å². The first-order chi connectivity index (χ1) is 13.8. The summed E-state index contributed by atoms with van der Waals surface area (Å²) in [6.07, 6.45) is -0.146. The summed E-state index contributed by atoms with van der Waals surface area (Å²) in [6, 6.07) is 16.5. The lowest BCUT2D eigenvalue weighted by atomic mass is 9.93. The Kier molecular flexibility index (Phi) is 5.82. The summed E-state index contributed by atoms with van der Waals surface area (Å²) >= 11 is 0. The zero-order valence-corrected chi connectivity index (χ0v) is 16.7. The summed E-state index contributed by atoms with van der Waals surface area (Å²) in [4.78, 5) is 28.8. The van der Waals surface area contributed by atoms with E-state index in [2.05, 4.69) is 5.32 Å². The van der Waals surface area contributed by atoms with Crippen molar-refractivity contribution in [2.75, 3.05) is 6.54 Å². The van der Waals surface area contributed by atoms with Crippen molar-refractivity contribution in [1.29, 1.82) is 0 Å². The average molecular weight is 392 g/mol. The molecule has 0 aliphatic carbocycles. The first-order valence-electron chi connectivity index (χ1n) is 9.43. The Morgan fingerprint density at radius 2 is 1.69 bits per heavy atom. The normalized spacial score (nSPS) is 11.3. The van der Waals surface area contributed by atoms with Gasteiger partial charge in [0.2, 0.25) is 0 Å². The van der Waals surface area contributed by atoms with Crippen LogP contribution in [0, 0.1) is 0 Å². The van der Waals surface area contributed by atoms with Crippen LogP contribution in [0.2, 0.25) is 0 Å². The number of aromatic carboxylic acids is 1. The van der Waals surface area contributed by atoms with E-state index in [4.69, 9.17) is 9.72 Å². The van der Waals surface area contributed by atoms with Gasteiger partial charge in [0.25, 0.3) is 0 Å². The molecule has 0 saturated carbocycles. The van der Waals surface area contributed by atoms with Crippen molar-refractivity contribution < 1.29 is 19.4 Å².